The Hall–Kier alpha value is -3.82. The van der Waals surface area contributed by atoms with Gasteiger partial charge in [-0.1, -0.05) is 29.7 Å². The fourth-order valence-corrected chi connectivity index (χ4v) is 3.85. The van der Waals surface area contributed by atoms with Crippen LogP contribution in [-0.4, -0.2) is 19.5 Å². The molecule has 0 radical (unpaired) electrons. The van der Waals surface area contributed by atoms with Gasteiger partial charge in [0, 0.05) is 35.9 Å². The van der Waals surface area contributed by atoms with Gasteiger partial charge in [-0.15, -0.1) is 18.2 Å². The van der Waals surface area contributed by atoms with Crippen LogP contribution in [0.1, 0.15) is 0 Å². The van der Waals surface area contributed by atoms with E-state index in [1.54, 1.807) is 18.6 Å². The van der Waals surface area contributed by atoms with Crippen LogP contribution in [0.5, 0.6) is 11.6 Å². The first-order chi connectivity index (χ1) is 15.9. The molecule has 3 aromatic heterocycles. The van der Waals surface area contributed by atoms with Crippen molar-refractivity contribution >= 4 is 21.8 Å². The van der Waals surface area contributed by atoms with Crippen LogP contribution in [0.2, 0.25) is 0 Å². The summed E-state index contributed by atoms with van der Waals surface area (Å²) in [5.41, 5.74) is 3.74. The summed E-state index contributed by atoms with van der Waals surface area (Å²) in [6, 6.07) is 32.5. The molecule has 0 spiro atoms. The van der Waals surface area contributed by atoms with Gasteiger partial charge in [0.05, 0.1) is 0 Å². The van der Waals surface area contributed by atoms with Crippen molar-refractivity contribution in [1.29, 1.82) is 0 Å². The number of rotatable bonds is 4. The minimum Gasteiger partial charge on any atom is -0.460 e. The molecule has 3 aromatic carbocycles. The van der Waals surface area contributed by atoms with Gasteiger partial charge in [0.2, 0.25) is 11.8 Å². The Balaban J connectivity index is 0.00000228. The zero-order valence-corrected chi connectivity index (χ0v) is 19.5. The molecule has 0 saturated carbocycles. The van der Waals surface area contributed by atoms with E-state index in [0.717, 1.165) is 32.9 Å². The predicted molar refractivity (Wildman–Crippen MR) is 124 cm³/mol. The summed E-state index contributed by atoms with van der Waals surface area (Å²) in [4.78, 5) is 13.2. The van der Waals surface area contributed by atoms with Crippen LogP contribution < -0.4 is 4.74 Å². The first kappa shape index (κ1) is 21.0. The summed E-state index contributed by atoms with van der Waals surface area (Å²) < 4.78 is 7.91. The van der Waals surface area contributed by atoms with E-state index in [9.17, 15) is 0 Å². The molecule has 0 atom stereocenters. The fraction of sp³-hybridized carbons (Fsp3) is 0. The third-order valence-corrected chi connectivity index (χ3v) is 5.25. The maximum Gasteiger partial charge on any atom is 2.00 e. The molecule has 6 rings (SSSR count). The van der Waals surface area contributed by atoms with Crippen LogP contribution in [0, 0.1) is 12.1 Å². The topological polar surface area (TPSA) is 52.8 Å². The van der Waals surface area contributed by atoms with Gasteiger partial charge in [-0.05, 0) is 29.1 Å². The van der Waals surface area contributed by atoms with Gasteiger partial charge in [-0.2, -0.15) is 24.3 Å². The Kier molecular flexibility index (Phi) is 5.72. The molecule has 0 aliphatic rings. The second kappa shape index (κ2) is 8.97. The van der Waals surface area contributed by atoms with Crippen LogP contribution >= 0.6 is 0 Å². The number of ether oxygens (including phenoxy) is 1. The van der Waals surface area contributed by atoms with E-state index in [0.29, 0.717) is 17.6 Å². The average molecular weight is 608 g/mol. The maximum absolute atomic E-state index is 5.86. The summed E-state index contributed by atoms with van der Waals surface area (Å²) >= 11 is 0. The molecule has 0 aliphatic carbocycles. The van der Waals surface area contributed by atoms with Crippen LogP contribution in [0.25, 0.3) is 38.9 Å². The molecule has 0 bridgehead atoms. The van der Waals surface area contributed by atoms with Crippen molar-refractivity contribution in [3.63, 3.8) is 0 Å². The zero-order valence-electron chi connectivity index (χ0n) is 17.3. The van der Waals surface area contributed by atoms with Crippen molar-refractivity contribution in [2.75, 3.05) is 0 Å². The quantitative estimate of drug-likeness (QED) is 0.230. The zero-order chi connectivity index (χ0) is 21.3. The van der Waals surface area contributed by atoms with E-state index in [4.69, 9.17) is 4.74 Å². The first-order valence-electron chi connectivity index (χ1n) is 10.2. The minimum absolute atomic E-state index is 0. The minimum atomic E-state index is 0. The number of fused-ring (bicyclic) bond motifs is 3. The molecule has 0 amide bonds. The van der Waals surface area contributed by atoms with Gasteiger partial charge in [0.15, 0.2) is 0 Å². The molecular weight excluding hydrogens is 591 g/mol. The Morgan fingerprint density at radius 3 is 2.27 bits per heavy atom. The van der Waals surface area contributed by atoms with Gasteiger partial charge < -0.3 is 4.74 Å². The van der Waals surface area contributed by atoms with Gasteiger partial charge in [-0.25, -0.2) is 26.1 Å². The van der Waals surface area contributed by atoms with Gasteiger partial charge in [-0.3, -0.25) is 4.57 Å². The van der Waals surface area contributed by atoms with E-state index in [1.807, 2.05) is 59.2 Å². The molecule has 33 heavy (non-hydrogen) atoms. The molecule has 3 heterocycles. The number of aromatic nitrogens is 4. The van der Waals surface area contributed by atoms with E-state index in [2.05, 4.69) is 51.4 Å². The molecule has 160 valence electrons. The first-order valence-corrected chi connectivity index (χ1v) is 10.2. The smallest absolute Gasteiger partial charge is 0.460 e. The largest absolute Gasteiger partial charge is 2.00 e. The van der Waals surface area contributed by atoms with E-state index < -0.39 is 0 Å². The molecule has 0 aliphatic heterocycles. The molecule has 6 heteroatoms. The Morgan fingerprint density at radius 1 is 0.636 bits per heavy atom. The molecule has 6 aromatic rings. The Bertz CT molecular complexity index is 1550. The van der Waals surface area contributed by atoms with Gasteiger partial charge in [0.1, 0.15) is 0 Å². The third-order valence-electron chi connectivity index (χ3n) is 5.25. The van der Waals surface area contributed by atoms with Crippen molar-refractivity contribution in [3.8, 4) is 28.7 Å². The number of hydrogen-bond donors (Lipinski definition) is 0. The third kappa shape index (κ3) is 3.92. The van der Waals surface area contributed by atoms with Crippen molar-refractivity contribution in [2.24, 2.45) is 0 Å². The second-order valence-corrected chi connectivity index (χ2v) is 7.23. The summed E-state index contributed by atoms with van der Waals surface area (Å²) in [5.74, 6) is 1.74. The van der Waals surface area contributed by atoms with Crippen LogP contribution in [-0.2, 0) is 21.1 Å². The summed E-state index contributed by atoms with van der Waals surface area (Å²) in [5, 5.41) is 2.23. The fourth-order valence-electron chi connectivity index (χ4n) is 3.85. The maximum atomic E-state index is 5.86. The number of pyridine rings is 1. The van der Waals surface area contributed by atoms with Crippen molar-refractivity contribution < 1.29 is 25.8 Å². The normalized spacial score (nSPS) is 10.8. The van der Waals surface area contributed by atoms with E-state index in [1.165, 1.54) is 0 Å². The van der Waals surface area contributed by atoms with Crippen molar-refractivity contribution in [1.82, 2.24) is 19.5 Å². The monoisotopic (exact) mass is 607 g/mol. The summed E-state index contributed by atoms with van der Waals surface area (Å²) in [7, 11) is 0. The van der Waals surface area contributed by atoms with E-state index in [-0.39, 0.29) is 21.1 Å². The molecule has 5 nitrogen and oxygen atoms in total. The van der Waals surface area contributed by atoms with Crippen LogP contribution in [0.15, 0.2) is 97.5 Å². The number of hydrogen-bond acceptors (Lipinski definition) is 4. The number of benzene rings is 3. The van der Waals surface area contributed by atoms with Gasteiger partial charge in [0.25, 0.3) is 0 Å². The number of para-hydroxylation sites is 1. The average Bonchev–Trinajstić information content (AvgIpc) is 3.19. The van der Waals surface area contributed by atoms with Crippen LogP contribution in [0.4, 0.5) is 0 Å². The second-order valence-electron chi connectivity index (χ2n) is 7.23. The van der Waals surface area contributed by atoms with Crippen molar-refractivity contribution in [2.45, 2.75) is 0 Å². The summed E-state index contributed by atoms with van der Waals surface area (Å²) in [6.45, 7) is 0. The van der Waals surface area contributed by atoms with Gasteiger partial charge >= 0.3 is 21.1 Å². The Labute approximate surface area is 205 Å². The molecule has 0 fully saturated rings. The standard InChI is InChI=1S/C27H16N4O.Pt/c1-2-10-24-22(9-1)23-13-12-20(18-25(23)31(24)27-29-15-6-16-30-27)19-7-5-8-21(17-19)32-26-11-3-4-14-28-26;/h1-16H;/q-2;+2. The molecule has 0 unspecified atom stereocenters. The van der Waals surface area contributed by atoms with Crippen molar-refractivity contribution in [3.05, 3.63) is 110 Å². The predicted octanol–water partition coefficient (Wildman–Crippen LogP) is 6.03. The SMILES string of the molecule is [Pt+2].[c-]1c(Oc2ccccn2)cccc1-c1[c-]c2c(cc1)c1ccccc1n2-c1ncccn1. The molecule has 0 saturated heterocycles. The van der Waals surface area contributed by atoms with E-state index >= 15 is 0 Å². The molecular formula is C27H16N4OPt. The Morgan fingerprint density at radius 2 is 1.42 bits per heavy atom. The van der Waals surface area contributed by atoms with Crippen LogP contribution in [0.3, 0.4) is 0 Å². The summed E-state index contributed by atoms with van der Waals surface area (Å²) in [6.07, 6.45) is 5.20. The molecule has 0 N–H and O–H groups in total. The number of nitrogens with zero attached hydrogens (tertiary/aromatic N) is 4.